The van der Waals surface area contributed by atoms with Crippen molar-refractivity contribution < 1.29 is 68.1 Å². The number of primary amides is 1. The maximum atomic E-state index is 12.9. The zero-order valence-corrected chi connectivity index (χ0v) is 32.5. The van der Waals surface area contributed by atoms with Crippen molar-refractivity contribution in [1.29, 1.82) is 0 Å². The van der Waals surface area contributed by atoms with Crippen molar-refractivity contribution in [1.82, 2.24) is 47.5 Å². The van der Waals surface area contributed by atoms with Crippen LogP contribution in [0.2, 0.25) is 0 Å². The number of benzene rings is 1. The number of aliphatic hydroxyl groups is 1. The van der Waals surface area contributed by atoms with Crippen LogP contribution in [0, 0.1) is 0 Å². The molecular formula is C35H49N11O14. The predicted molar refractivity (Wildman–Crippen MR) is 205 cm³/mol. The van der Waals surface area contributed by atoms with E-state index in [1.165, 1.54) is 6.92 Å². The molecule has 0 aliphatic carbocycles. The third-order valence-electron chi connectivity index (χ3n) is 8.40. The minimum absolute atomic E-state index is 0.184. The maximum absolute atomic E-state index is 12.9. The number of para-hydroxylation sites is 1. The standard InChI is InChI=1S/C35H49N11O14/c1-16(42-32(56)20(36)9-18-11-38-21-6-4-3-5-19(18)21)30(54)40-12-26(49)39-13-27(50)45-23(10-25(37)48)34(58)43-17(2)31(55)46-24(15-47)33(57)41-14-28(51)44-22(35(59)60)7-8-29(52)53/h3-6,11,16-17,20,22-24,38,47H,7-10,12-15,36H2,1-2H3,(H2,37,48)(H,39,49)(H,40,54)(H,41,57)(H,42,56)(H,43,58)(H,44,51)(H,45,50)(H,46,55)(H,52,53)(H,59,60). The van der Waals surface area contributed by atoms with Crippen LogP contribution in [0.15, 0.2) is 30.5 Å². The molecule has 6 unspecified atom stereocenters. The number of nitrogens with one attached hydrogen (secondary N) is 9. The number of fused-ring (bicyclic) bond motifs is 1. The summed E-state index contributed by atoms with van der Waals surface area (Å²) in [5.41, 5.74) is 12.9. The van der Waals surface area contributed by atoms with E-state index in [0.717, 1.165) is 23.4 Å². The number of carboxylic acids is 2. The van der Waals surface area contributed by atoms with Gasteiger partial charge < -0.3 is 74.3 Å². The minimum Gasteiger partial charge on any atom is -0.481 e. The smallest absolute Gasteiger partial charge is 0.326 e. The number of H-pyrrole nitrogens is 1. The number of carboxylic acid groups (broad SMARTS) is 2. The Labute approximate surface area is 340 Å². The fourth-order valence-corrected chi connectivity index (χ4v) is 5.17. The Kier molecular flexibility index (Phi) is 19.5. The van der Waals surface area contributed by atoms with Crippen molar-refractivity contribution in [2.45, 2.75) is 75.8 Å². The minimum atomic E-state index is -1.68. The lowest BCUT2D eigenvalue weighted by atomic mass is 10.0. The summed E-state index contributed by atoms with van der Waals surface area (Å²) >= 11 is 0. The lowest BCUT2D eigenvalue weighted by Crippen LogP contribution is -2.58. The van der Waals surface area contributed by atoms with Gasteiger partial charge in [-0.05, 0) is 38.3 Å². The fraction of sp³-hybridized carbons (Fsp3) is 0.457. The van der Waals surface area contributed by atoms with E-state index in [1.54, 1.807) is 6.20 Å². The molecule has 2 rings (SSSR count). The number of carbonyl (C=O) groups excluding carboxylic acids is 9. The van der Waals surface area contributed by atoms with Gasteiger partial charge in [-0.15, -0.1) is 0 Å². The predicted octanol–water partition coefficient (Wildman–Crippen LogP) is -6.33. The van der Waals surface area contributed by atoms with E-state index in [-0.39, 0.29) is 6.42 Å². The molecule has 60 heavy (non-hydrogen) atoms. The lowest BCUT2D eigenvalue weighted by Gasteiger charge is -2.22. The van der Waals surface area contributed by atoms with E-state index in [9.17, 15) is 57.8 Å². The Morgan fingerprint density at radius 1 is 0.667 bits per heavy atom. The van der Waals surface area contributed by atoms with Gasteiger partial charge in [-0.25, -0.2) is 4.79 Å². The topological polar surface area (TPSA) is 413 Å². The van der Waals surface area contributed by atoms with Crippen LogP contribution in [0.3, 0.4) is 0 Å². The molecule has 0 aliphatic heterocycles. The molecule has 328 valence electrons. The van der Waals surface area contributed by atoms with Crippen LogP contribution in [0.4, 0.5) is 0 Å². The molecule has 0 saturated heterocycles. The van der Waals surface area contributed by atoms with Crippen LogP contribution in [0.25, 0.3) is 10.9 Å². The van der Waals surface area contributed by atoms with Gasteiger partial charge in [0.1, 0.15) is 30.2 Å². The number of amides is 9. The second-order valence-electron chi connectivity index (χ2n) is 13.3. The molecule has 1 aromatic heterocycles. The molecular weight excluding hydrogens is 798 g/mol. The van der Waals surface area contributed by atoms with Crippen LogP contribution in [0.1, 0.15) is 38.7 Å². The number of hydrogen-bond donors (Lipinski definition) is 14. The molecule has 25 heteroatoms. The Morgan fingerprint density at radius 3 is 1.85 bits per heavy atom. The van der Waals surface area contributed by atoms with E-state index in [4.69, 9.17) is 21.7 Å². The third-order valence-corrected chi connectivity index (χ3v) is 8.40. The van der Waals surface area contributed by atoms with Gasteiger partial charge in [0.25, 0.3) is 0 Å². The summed E-state index contributed by atoms with van der Waals surface area (Å²) in [6.07, 6.45) is 0.153. The van der Waals surface area contributed by atoms with Crippen LogP contribution in [-0.4, -0.2) is 148 Å². The normalized spacial score (nSPS) is 13.7. The molecule has 9 amide bonds. The Morgan fingerprint density at radius 2 is 1.23 bits per heavy atom. The second kappa shape index (κ2) is 23.9. The highest BCUT2D eigenvalue weighted by atomic mass is 16.4. The van der Waals surface area contributed by atoms with Gasteiger partial charge in [0.15, 0.2) is 0 Å². The van der Waals surface area contributed by atoms with E-state index in [0.29, 0.717) is 0 Å². The first-order valence-corrected chi connectivity index (χ1v) is 18.2. The lowest BCUT2D eigenvalue weighted by molar-refractivity contribution is -0.143. The van der Waals surface area contributed by atoms with Gasteiger partial charge in [-0.3, -0.25) is 47.9 Å². The van der Waals surface area contributed by atoms with Gasteiger partial charge in [-0.1, -0.05) is 18.2 Å². The number of nitrogens with two attached hydrogens (primary N) is 2. The van der Waals surface area contributed by atoms with Crippen molar-refractivity contribution in [2.24, 2.45) is 11.5 Å². The van der Waals surface area contributed by atoms with E-state index in [2.05, 4.69) is 42.2 Å². The highest BCUT2D eigenvalue weighted by molar-refractivity contribution is 5.97. The molecule has 1 heterocycles. The third kappa shape index (κ3) is 16.8. The quantitative estimate of drug-likeness (QED) is 0.0442. The molecule has 0 fully saturated rings. The number of aromatic amines is 1. The summed E-state index contributed by atoms with van der Waals surface area (Å²) in [6.45, 7) is -0.671. The molecule has 6 atom stereocenters. The summed E-state index contributed by atoms with van der Waals surface area (Å²) in [7, 11) is 0. The molecule has 16 N–H and O–H groups in total. The molecule has 1 aromatic carbocycles. The largest absolute Gasteiger partial charge is 0.481 e. The Hall–Kier alpha value is -7.15. The molecule has 2 aromatic rings. The first kappa shape index (κ1) is 49.0. The van der Waals surface area contributed by atoms with Crippen molar-refractivity contribution in [3.8, 4) is 0 Å². The van der Waals surface area contributed by atoms with E-state index in [1.807, 2.05) is 29.6 Å². The summed E-state index contributed by atoms with van der Waals surface area (Å²) in [5, 5.41) is 45.9. The van der Waals surface area contributed by atoms with Gasteiger partial charge in [0.05, 0.1) is 38.7 Å². The number of aliphatic carboxylic acids is 2. The highest BCUT2D eigenvalue weighted by Crippen LogP contribution is 2.18. The summed E-state index contributed by atoms with van der Waals surface area (Å²) in [6, 6.07) is -1.02. The van der Waals surface area contributed by atoms with Crippen LogP contribution < -0.4 is 54.0 Å². The molecule has 0 aliphatic rings. The molecule has 0 radical (unpaired) electrons. The highest BCUT2D eigenvalue weighted by Gasteiger charge is 2.29. The van der Waals surface area contributed by atoms with Gasteiger partial charge in [-0.2, -0.15) is 0 Å². The van der Waals surface area contributed by atoms with E-state index >= 15 is 0 Å². The summed E-state index contributed by atoms with van der Waals surface area (Å²) < 4.78 is 0. The van der Waals surface area contributed by atoms with Crippen LogP contribution in [-0.2, 0) is 59.2 Å². The number of carbonyl (C=O) groups is 11. The fourth-order valence-electron chi connectivity index (χ4n) is 5.17. The molecule has 0 saturated carbocycles. The molecule has 0 bridgehead atoms. The molecule has 25 nitrogen and oxygen atoms in total. The van der Waals surface area contributed by atoms with E-state index < -0.39 is 147 Å². The number of rotatable bonds is 25. The van der Waals surface area contributed by atoms with Gasteiger partial charge in [0.2, 0.25) is 53.2 Å². The first-order chi connectivity index (χ1) is 28.2. The van der Waals surface area contributed by atoms with Crippen molar-refractivity contribution in [3.63, 3.8) is 0 Å². The summed E-state index contributed by atoms with van der Waals surface area (Å²) in [4.78, 5) is 137. The zero-order valence-electron chi connectivity index (χ0n) is 32.5. The number of aliphatic hydroxyl groups excluding tert-OH is 1. The van der Waals surface area contributed by atoms with Gasteiger partial charge in [0, 0.05) is 23.5 Å². The SMILES string of the molecule is CC(NC(=O)C(N)Cc1c[nH]c2ccccc12)C(=O)NCC(=O)NCC(=O)NC(CC(N)=O)C(=O)NC(C)C(=O)NC(CO)C(=O)NCC(=O)NC(CCC(=O)O)C(=O)O. The number of aromatic nitrogens is 1. The maximum Gasteiger partial charge on any atom is 0.326 e. The Bertz CT molecular complexity index is 1940. The second-order valence-corrected chi connectivity index (χ2v) is 13.3. The van der Waals surface area contributed by atoms with Crippen molar-refractivity contribution in [2.75, 3.05) is 26.2 Å². The Balaban J connectivity index is 1.80. The summed E-state index contributed by atoms with van der Waals surface area (Å²) in [5.74, 6) is -11.3. The zero-order chi connectivity index (χ0) is 45.1. The van der Waals surface area contributed by atoms with Crippen LogP contribution in [0.5, 0.6) is 0 Å². The van der Waals surface area contributed by atoms with Crippen molar-refractivity contribution >= 4 is 76.0 Å². The molecule has 0 spiro atoms. The average molecular weight is 848 g/mol. The monoisotopic (exact) mass is 847 g/mol. The van der Waals surface area contributed by atoms with Gasteiger partial charge >= 0.3 is 11.9 Å². The first-order valence-electron chi connectivity index (χ1n) is 18.2. The average Bonchev–Trinajstić information content (AvgIpc) is 3.60. The van der Waals surface area contributed by atoms with Crippen molar-refractivity contribution in [3.05, 3.63) is 36.0 Å². The van der Waals surface area contributed by atoms with Crippen LogP contribution >= 0.6 is 0 Å². The number of hydrogen-bond acceptors (Lipinski definition) is 13.